The van der Waals surface area contributed by atoms with Crippen molar-refractivity contribution in [2.45, 2.75) is 18.5 Å². The van der Waals surface area contributed by atoms with Crippen LogP contribution in [-0.4, -0.2) is 42.7 Å². The number of nitrogens with one attached hydrogen (secondary N) is 3. The van der Waals surface area contributed by atoms with Gasteiger partial charge in [0.15, 0.2) is 0 Å². The number of benzene rings is 2. The average molecular weight is 401 g/mol. The molecule has 7 nitrogen and oxygen atoms in total. The van der Waals surface area contributed by atoms with Crippen LogP contribution < -0.4 is 20.7 Å². The number of halogens is 1. The first-order valence-electron chi connectivity index (χ1n) is 9.08. The van der Waals surface area contributed by atoms with Crippen LogP contribution in [0.25, 0.3) is 0 Å². The minimum Gasteiger partial charge on any atom is -0.497 e. The number of likely N-dealkylation sites (tertiary alicyclic amines) is 1. The number of nitrogens with zero attached hydrogens (tertiary/aromatic N) is 1. The molecule has 8 heteroatoms. The third kappa shape index (κ3) is 3.57. The normalized spacial score (nSPS) is 17.4. The molecule has 2 heterocycles. The number of rotatable bonds is 2. The van der Waals surface area contributed by atoms with Crippen molar-refractivity contribution in [3.05, 3.63) is 53.1 Å². The molecule has 1 saturated heterocycles. The number of carbonyl (C=O) groups excluding carboxylic acids is 2. The maximum Gasteiger partial charge on any atom is 0.321 e. The van der Waals surface area contributed by atoms with E-state index in [0.717, 1.165) is 5.69 Å². The smallest absolute Gasteiger partial charge is 0.321 e. The first-order chi connectivity index (χ1) is 13.5. The molecule has 0 unspecified atom stereocenters. The van der Waals surface area contributed by atoms with Crippen LogP contribution in [0.4, 0.5) is 16.2 Å². The van der Waals surface area contributed by atoms with E-state index in [1.807, 2.05) is 18.2 Å². The first kappa shape index (κ1) is 18.4. The zero-order chi connectivity index (χ0) is 19.7. The standard InChI is InChI=1S/C20H21ClN4O3/c1-28-15-4-2-3-14(12-15)22-19(27)25-9-7-20(8-10-25)23-17-11-13(21)5-6-16(17)18(26)24-20/h2-6,11-12,23H,7-10H2,1H3,(H,22,27)(H,24,26). The van der Waals surface area contributed by atoms with Gasteiger partial charge in [0.2, 0.25) is 0 Å². The highest BCUT2D eigenvalue weighted by atomic mass is 35.5. The zero-order valence-corrected chi connectivity index (χ0v) is 16.2. The molecule has 2 aliphatic rings. The van der Waals surface area contributed by atoms with Crippen LogP contribution in [0.2, 0.25) is 5.02 Å². The molecule has 3 N–H and O–H groups in total. The number of hydrogen-bond acceptors (Lipinski definition) is 4. The van der Waals surface area contributed by atoms with E-state index >= 15 is 0 Å². The summed E-state index contributed by atoms with van der Waals surface area (Å²) in [6.07, 6.45) is 1.19. The fraction of sp³-hybridized carbons (Fsp3) is 0.300. The summed E-state index contributed by atoms with van der Waals surface area (Å²) in [7, 11) is 1.59. The predicted octanol–water partition coefficient (Wildman–Crippen LogP) is 3.53. The van der Waals surface area contributed by atoms with Gasteiger partial charge in [-0.1, -0.05) is 17.7 Å². The fourth-order valence-electron chi connectivity index (χ4n) is 3.64. The van der Waals surface area contributed by atoms with Crippen LogP contribution in [0, 0.1) is 0 Å². The third-order valence-corrected chi connectivity index (χ3v) is 5.41. The second-order valence-electron chi connectivity index (χ2n) is 7.00. The summed E-state index contributed by atoms with van der Waals surface area (Å²) in [6.45, 7) is 1.03. The molecule has 4 rings (SSSR count). The van der Waals surface area contributed by atoms with Gasteiger partial charge in [-0.15, -0.1) is 0 Å². The Bertz CT molecular complexity index is 925. The molecule has 0 saturated carbocycles. The topological polar surface area (TPSA) is 82.7 Å². The van der Waals surface area contributed by atoms with Crippen molar-refractivity contribution in [2.75, 3.05) is 30.8 Å². The van der Waals surface area contributed by atoms with E-state index in [2.05, 4.69) is 16.0 Å². The van der Waals surface area contributed by atoms with Gasteiger partial charge in [0.1, 0.15) is 11.4 Å². The molecule has 0 bridgehead atoms. The zero-order valence-electron chi connectivity index (χ0n) is 15.4. The lowest BCUT2D eigenvalue weighted by atomic mass is 9.92. The fourth-order valence-corrected chi connectivity index (χ4v) is 3.81. The number of piperidine rings is 1. The molecule has 2 aromatic rings. The van der Waals surface area contributed by atoms with Gasteiger partial charge < -0.3 is 25.6 Å². The van der Waals surface area contributed by atoms with Crippen molar-refractivity contribution in [3.8, 4) is 5.75 Å². The minimum atomic E-state index is -0.568. The molecule has 0 atom stereocenters. The Morgan fingerprint density at radius 1 is 1.18 bits per heavy atom. The van der Waals surface area contributed by atoms with E-state index < -0.39 is 5.66 Å². The Morgan fingerprint density at radius 3 is 2.71 bits per heavy atom. The van der Waals surface area contributed by atoms with Crippen LogP contribution >= 0.6 is 11.6 Å². The monoisotopic (exact) mass is 400 g/mol. The Kier molecular flexibility index (Phi) is 4.77. The molecule has 1 fully saturated rings. The Labute approximate surface area is 168 Å². The molecule has 1 spiro atoms. The summed E-state index contributed by atoms with van der Waals surface area (Å²) in [6, 6.07) is 12.2. The van der Waals surface area contributed by atoms with E-state index in [1.165, 1.54) is 0 Å². The summed E-state index contributed by atoms with van der Waals surface area (Å²) in [5, 5.41) is 9.95. The SMILES string of the molecule is COc1cccc(NC(=O)N2CCC3(CC2)NC(=O)c2ccc(Cl)cc2N3)c1. The molecule has 0 aromatic heterocycles. The molecule has 3 amide bonds. The lowest BCUT2D eigenvalue weighted by Gasteiger charge is -2.45. The quantitative estimate of drug-likeness (QED) is 0.720. The molecular formula is C20H21ClN4O3. The van der Waals surface area contributed by atoms with E-state index in [4.69, 9.17) is 16.3 Å². The van der Waals surface area contributed by atoms with Crippen LogP contribution in [0.15, 0.2) is 42.5 Å². The average Bonchev–Trinajstić information content (AvgIpc) is 2.68. The lowest BCUT2D eigenvalue weighted by Crippen LogP contribution is -2.63. The molecular weight excluding hydrogens is 380 g/mol. The van der Waals surface area contributed by atoms with Gasteiger partial charge in [-0.25, -0.2) is 4.79 Å². The van der Waals surface area contributed by atoms with Gasteiger partial charge in [-0.2, -0.15) is 0 Å². The molecule has 2 aliphatic heterocycles. The summed E-state index contributed by atoms with van der Waals surface area (Å²) in [5.74, 6) is 0.557. The number of ether oxygens (including phenoxy) is 1. The molecule has 2 aromatic carbocycles. The van der Waals surface area contributed by atoms with E-state index in [1.54, 1.807) is 36.3 Å². The molecule has 28 heavy (non-hydrogen) atoms. The second kappa shape index (κ2) is 7.24. The number of hydrogen-bond donors (Lipinski definition) is 3. The van der Waals surface area contributed by atoms with Crippen LogP contribution in [0.5, 0.6) is 5.75 Å². The van der Waals surface area contributed by atoms with Crippen LogP contribution in [0.1, 0.15) is 23.2 Å². The Hall–Kier alpha value is -2.93. The van der Waals surface area contributed by atoms with E-state index in [0.29, 0.717) is 48.0 Å². The van der Waals surface area contributed by atoms with E-state index in [9.17, 15) is 9.59 Å². The number of methoxy groups -OCH3 is 1. The number of amides is 3. The maximum absolute atomic E-state index is 12.6. The second-order valence-corrected chi connectivity index (χ2v) is 7.44. The number of carbonyl (C=O) groups is 2. The van der Waals surface area contributed by atoms with Crippen LogP contribution in [-0.2, 0) is 0 Å². The van der Waals surface area contributed by atoms with Gasteiger partial charge in [0.05, 0.1) is 18.4 Å². The van der Waals surface area contributed by atoms with Crippen molar-refractivity contribution in [2.24, 2.45) is 0 Å². The largest absolute Gasteiger partial charge is 0.497 e. The van der Waals surface area contributed by atoms with Crippen LogP contribution in [0.3, 0.4) is 0 Å². The highest BCUT2D eigenvalue weighted by Gasteiger charge is 2.41. The first-order valence-corrected chi connectivity index (χ1v) is 9.46. The molecule has 0 aliphatic carbocycles. The maximum atomic E-state index is 12.6. The van der Waals surface area contributed by atoms with Crippen molar-refractivity contribution in [3.63, 3.8) is 0 Å². The van der Waals surface area contributed by atoms with Gasteiger partial charge in [-0.05, 0) is 30.3 Å². The highest BCUT2D eigenvalue weighted by Crippen LogP contribution is 2.33. The third-order valence-electron chi connectivity index (χ3n) is 5.18. The van der Waals surface area contributed by atoms with Crippen molar-refractivity contribution < 1.29 is 14.3 Å². The highest BCUT2D eigenvalue weighted by molar-refractivity contribution is 6.31. The summed E-state index contributed by atoms with van der Waals surface area (Å²) in [5.41, 5.74) is 1.41. The summed E-state index contributed by atoms with van der Waals surface area (Å²) < 4.78 is 5.18. The minimum absolute atomic E-state index is 0.125. The number of anilines is 2. The van der Waals surface area contributed by atoms with Gasteiger partial charge in [0.25, 0.3) is 5.91 Å². The van der Waals surface area contributed by atoms with Crippen molar-refractivity contribution in [1.82, 2.24) is 10.2 Å². The Morgan fingerprint density at radius 2 is 1.96 bits per heavy atom. The predicted molar refractivity (Wildman–Crippen MR) is 108 cm³/mol. The van der Waals surface area contributed by atoms with Crippen molar-refractivity contribution in [1.29, 1.82) is 0 Å². The lowest BCUT2D eigenvalue weighted by molar-refractivity contribution is 0.0852. The summed E-state index contributed by atoms with van der Waals surface area (Å²) in [4.78, 5) is 26.8. The van der Waals surface area contributed by atoms with Gasteiger partial charge in [0, 0.05) is 42.7 Å². The molecule has 0 radical (unpaired) electrons. The molecule has 146 valence electrons. The van der Waals surface area contributed by atoms with Gasteiger partial charge in [-0.3, -0.25) is 4.79 Å². The Balaban J connectivity index is 1.41. The van der Waals surface area contributed by atoms with Crippen molar-refractivity contribution >= 4 is 34.9 Å². The number of fused-ring (bicyclic) bond motifs is 1. The van der Waals surface area contributed by atoms with E-state index in [-0.39, 0.29) is 11.9 Å². The number of urea groups is 1. The summed E-state index contributed by atoms with van der Waals surface area (Å²) >= 11 is 6.07. The van der Waals surface area contributed by atoms with Gasteiger partial charge >= 0.3 is 6.03 Å².